The van der Waals surface area contributed by atoms with Gasteiger partial charge in [0.15, 0.2) is 0 Å². The summed E-state index contributed by atoms with van der Waals surface area (Å²) in [6.07, 6.45) is 2.21. The third kappa shape index (κ3) is 4.88. The Morgan fingerprint density at radius 2 is 1.74 bits per heavy atom. The van der Waals surface area contributed by atoms with Crippen molar-refractivity contribution >= 4 is 23.2 Å². The summed E-state index contributed by atoms with van der Waals surface area (Å²) in [6.45, 7) is 3.17. The molecule has 3 aromatic rings. The predicted molar refractivity (Wildman–Crippen MR) is 126 cm³/mol. The minimum Gasteiger partial charge on any atom is -0.369 e. The molecule has 31 heavy (non-hydrogen) atoms. The van der Waals surface area contributed by atoms with E-state index in [0.717, 1.165) is 16.7 Å². The summed E-state index contributed by atoms with van der Waals surface area (Å²) in [5.41, 5.74) is 9.78. The van der Waals surface area contributed by atoms with Crippen molar-refractivity contribution in [3.05, 3.63) is 82.7 Å². The standard InChI is InChI=1S/C26H28N2O2S/c1-19-7-9-20(10-8-19)17-24(29)28-13-11-26(12-14-28,25(27)30)18-21-4-2-5-22(16-21)23-6-3-15-31-23/h2-10,15-16H,11-14,17-18H2,1H3,(H2,27,30). The molecule has 1 aromatic heterocycles. The van der Waals surface area contributed by atoms with Crippen LogP contribution in [0, 0.1) is 12.3 Å². The summed E-state index contributed by atoms with van der Waals surface area (Å²) >= 11 is 1.71. The summed E-state index contributed by atoms with van der Waals surface area (Å²) in [7, 11) is 0. The van der Waals surface area contributed by atoms with Crippen LogP contribution in [0.4, 0.5) is 0 Å². The highest BCUT2D eigenvalue weighted by molar-refractivity contribution is 7.13. The zero-order valence-corrected chi connectivity index (χ0v) is 18.7. The number of primary amides is 1. The van der Waals surface area contributed by atoms with Crippen molar-refractivity contribution in [1.82, 2.24) is 4.90 Å². The molecule has 4 nitrogen and oxygen atoms in total. The van der Waals surface area contributed by atoms with Gasteiger partial charge in [0.25, 0.3) is 0 Å². The fourth-order valence-corrected chi connectivity index (χ4v) is 5.08. The van der Waals surface area contributed by atoms with Crippen molar-refractivity contribution in [2.75, 3.05) is 13.1 Å². The quantitative estimate of drug-likeness (QED) is 0.619. The van der Waals surface area contributed by atoms with Crippen LogP contribution in [0.2, 0.25) is 0 Å². The number of nitrogens with two attached hydrogens (primary N) is 1. The molecule has 1 aliphatic rings. The average molecular weight is 433 g/mol. The average Bonchev–Trinajstić information content (AvgIpc) is 3.31. The van der Waals surface area contributed by atoms with E-state index in [1.54, 1.807) is 11.3 Å². The molecule has 0 saturated carbocycles. The van der Waals surface area contributed by atoms with Crippen molar-refractivity contribution in [1.29, 1.82) is 0 Å². The molecule has 2 aromatic carbocycles. The minimum atomic E-state index is -0.602. The number of rotatable bonds is 6. The molecule has 160 valence electrons. The highest BCUT2D eigenvalue weighted by Crippen LogP contribution is 2.36. The van der Waals surface area contributed by atoms with Gasteiger partial charge >= 0.3 is 0 Å². The third-order valence-corrected chi connectivity index (χ3v) is 7.27. The van der Waals surface area contributed by atoms with E-state index >= 15 is 0 Å². The van der Waals surface area contributed by atoms with Crippen LogP contribution in [-0.4, -0.2) is 29.8 Å². The lowest BCUT2D eigenvalue weighted by atomic mass is 9.73. The maximum Gasteiger partial charge on any atom is 0.226 e. The van der Waals surface area contributed by atoms with E-state index in [1.807, 2.05) is 48.2 Å². The van der Waals surface area contributed by atoms with Gasteiger partial charge in [-0.25, -0.2) is 0 Å². The molecule has 0 spiro atoms. The van der Waals surface area contributed by atoms with Gasteiger partial charge in [0.1, 0.15) is 0 Å². The molecule has 0 unspecified atom stereocenters. The summed E-state index contributed by atoms with van der Waals surface area (Å²) in [5.74, 6) is -0.152. The minimum absolute atomic E-state index is 0.113. The molecular weight excluding hydrogens is 404 g/mol. The molecule has 0 atom stereocenters. The molecule has 1 saturated heterocycles. The second-order valence-corrected chi connectivity index (χ2v) is 9.49. The Morgan fingerprint density at radius 3 is 2.39 bits per heavy atom. The number of hydrogen-bond acceptors (Lipinski definition) is 3. The molecular formula is C26H28N2O2S. The van der Waals surface area contributed by atoms with Gasteiger partial charge in [0, 0.05) is 18.0 Å². The fourth-order valence-electron chi connectivity index (χ4n) is 4.35. The summed E-state index contributed by atoms with van der Waals surface area (Å²) in [4.78, 5) is 28.4. The molecule has 1 fully saturated rings. The monoisotopic (exact) mass is 432 g/mol. The molecule has 1 aliphatic heterocycles. The zero-order chi connectivity index (χ0) is 21.8. The Hall–Kier alpha value is -2.92. The second-order valence-electron chi connectivity index (χ2n) is 8.54. The van der Waals surface area contributed by atoms with Gasteiger partial charge in [0.05, 0.1) is 11.8 Å². The molecule has 2 N–H and O–H groups in total. The van der Waals surface area contributed by atoms with Crippen LogP contribution in [0.15, 0.2) is 66.0 Å². The largest absolute Gasteiger partial charge is 0.369 e. The van der Waals surface area contributed by atoms with Gasteiger partial charge in [-0.05, 0) is 54.3 Å². The van der Waals surface area contributed by atoms with E-state index in [2.05, 4.69) is 29.6 Å². The number of hydrogen-bond donors (Lipinski definition) is 1. The second kappa shape index (κ2) is 9.06. The van der Waals surface area contributed by atoms with Gasteiger partial charge < -0.3 is 10.6 Å². The summed E-state index contributed by atoms with van der Waals surface area (Å²) < 4.78 is 0. The number of benzene rings is 2. The first-order valence-corrected chi connectivity index (χ1v) is 11.6. The summed E-state index contributed by atoms with van der Waals surface area (Å²) in [5, 5.41) is 2.07. The Balaban J connectivity index is 1.43. The van der Waals surface area contributed by atoms with Crippen molar-refractivity contribution in [3.63, 3.8) is 0 Å². The van der Waals surface area contributed by atoms with Crippen LogP contribution in [-0.2, 0) is 22.4 Å². The van der Waals surface area contributed by atoms with Crippen LogP contribution < -0.4 is 5.73 Å². The Kier molecular flexibility index (Phi) is 6.23. The zero-order valence-electron chi connectivity index (χ0n) is 17.8. The van der Waals surface area contributed by atoms with Crippen LogP contribution in [0.5, 0.6) is 0 Å². The van der Waals surface area contributed by atoms with E-state index in [-0.39, 0.29) is 11.8 Å². The van der Waals surface area contributed by atoms with Gasteiger partial charge in [-0.3, -0.25) is 9.59 Å². The van der Waals surface area contributed by atoms with E-state index in [9.17, 15) is 9.59 Å². The lowest BCUT2D eigenvalue weighted by Crippen LogP contribution is -2.50. The van der Waals surface area contributed by atoms with E-state index < -0.39 is 5.41 Å². The number of piperidine rings is 1. The number of carbonyl (C=O) groups excluding carboxylic acids is 2. The first-order chi connectivity index (χ1) is 14.9. The lowest BCUT2D eigenvalue weighted by Gasteiger charge is -2.40. The van der Waals surface area contributed by atoms with E-state index in [0.29, 0.717) is 38.8 Å². The molecule has 0 aliphatic carbocycles. The fraction of sp³-hybridized carbons (Fsp3) is 0.308. The normalized spacial score (nSPS) is 15.6. The SMILES string of the molecule is Cc1ccc(CC(=O)N2CCC(Cc3cccc(-c4cccs4)c3)(C(N)=O)CC2)cc1. The number of thiophene rings is 1. The molecule has 4 rings (SSSR count). The number of carbonyl (C=O) groups is 2. The van der Waals surface area contributed by atoms with Crippen molar-refractivity contribution in [3.8, 4) is 10.4 Å². The first kappa shape index (κ1) is 21.3. The maximum atomic E-state index is 12.8. The highest BCUT2D eigenvalue weighted by Gasteiger charge is 2.40. The molecule has 2 amide bonds. The first-order valence-electron chi connectivity index (χ1n) is 10.7. The number of likely N-dealkylation sites (tertiary alicyclic amines) is 1. The Morgan fingerprint density at radius 1 is 1.00 bits per heavy atom. The van der Waals surface area contributed by atoms with E-state index in [4.69, 9.17) is 5.73 Å². The molecule has 0 bridgehead atoms. The van der Waals surface area contributed by atoms with E-state index in [1.165, 1.54) is 10.4 Å². The Bertz CT molecular complexity index is 1050. The third-order valence-electron chi connectivity index (χ3n) is 6.35. The summed E-state index contributed by atoms with van der Waals surface area (Å²) in [6, 6.07) is 20.6. The smallest absolute Gasteiger partial charge is 0.226 e. The molecule has 0 radical (unpaired) electrons. The number of nitrogens with zero attached hydrogens (tertiary/aromatic N) is 1. The topological polar surface area (TPSA) is 63.4 Å². The van der Waals surface area contributed by atoms with Crippen molar-refractivity contribution < 1.29 is 9.59 Å². The number of aryl methyl sites for hydroxylation is 1. The van der Waals surface area contributed by atoms with Gasteiger partial charge in [-0.1, -0.05) is 60.2 Å². The Labute approximate surface area is 187 Å². The van der Waals surface area contributed by atoms with Gasteiger partial charge in [0.2, 0.25) is 11.8 Å². The maximum absolute atomic E-state index is 12.8. The number of amides is 2. The van der Waals surface area contributed by atoms with Crippen LogP contribution in [0.25, 0.3) is 10.4 Å². The lowest BCUT2D eigenvalue weighted by molar-refractivity contribution is -0.138. The predicted octanol–water partition coefficient (Wildman–Crippen LogP) is 4.60. The van der Waals surface area contributed by atoms with Gasteiger partial charge in [-0.15, -0.1) is 11.3 Å². The van der Waals surface area contributed by atoms with Crippen molar-refractivity contribution in [2.24, 2.45) is 11.1 Å². The highest BCUT2D eigenvalue weighted by atomic mass is 32.1. The van der Waals surface area contributed by atoms with Gasteiger partial charge in [-0.2, -0.15) is 0 Å². The molecule has 2 heterocycles. The van der Waals surface area contributed by atoms with Crippen LogP contribution >= 0.6 is 11.3 Å². The molecule has 5 heteroatoms. The van der Waals surface area contributed by atoms with Crippen molar-refractivity contribution in [2.45, 2.75) is 32.6 Å². The van der Waals surface area contributed by atoms with Crippen LogP contribution in [0.3, 0.4) is 0 Å². The van der Waals surface area contributed by atoms with Crippen LogP contribution in [0.1, 0.15) is 29.5 Å².